The van der Waals surface area contributed by atoms with Crippen molar-refractivity contribution in [2.45, 2.75) is 45.7 Å². The summed E-state index contributed by atoms with van der Waals surface area (Å²) in [6, 6.07) is 5.79. The van der Waals surface area contributed by atoms with Gasteiger partial charge in [-0.25, -0.2) is 18.7 Å². The number of aromatic amines is 1. The number of benzene rings is 1. The highest BCUT2D eigenvalue weighted by Crippen LogP contribution is 2.43. The summed E-state index contributed by atoms with van der Waals surface area (Å²) in [5.74, 6) is 1.20. The van der Waals surface area contributed by atoms with E-state index >= 15 is 0 Å². The van der Waals surface area contributed by atoms with Crippen molar-refractivity contribution >= 4 is 33.9 Å². The fourth-order valence-corrected chi connectivity index (χ4v) is 5.02. The molecule has 10 heteroatoms. The molecule has 0 unspecified atom stereocenters. The predicted octanol–water partition coefficient (Wildman–Crippen LogP) is 4.22. The molecule has 1 aromatic carbocycles. The third-order valence-corrected chi connectivity index (χ3v) is 6.65. The molecule has 34 heavy (non-hydrogen) atoms. The zero-order chi connectivity index (χ0) is 24.2. The SMILES string of the molecule is Cc1nc2ccc(-c3c[nH]c4nc(NC5CC(C)(C(=O)N(C)C)C5)ncc34)cc2n1CC(F)F. The number of H-pyrrole nitrogens is 1. The van der Waals surface area contributed by atoms with E-state index in [0.717, 1.165) is 29.4 Å². The van der Waals surface area contributed by atoms with Crippen LogP contribution < -0.4 is 5.32 Å². The highest BCUT2D eigenvalue weighted by atomic mass is 19.3. The minimum absolute atomic E-state index is 0.137. The quantitative estimate of drug-likeness (QED) is 0.443. The Morgan fingerprint density at radius 1 is 1.32 bits per heavy atom. The molecule has 0 spiro atoms. The fourth-order valence-electron chi connectivity index (χ4n) is 5.02. The Bertz CT molecular complexity index is 1390. The first-order valence-corrected chi connectivity index (χ1v) is 11.2. The number of alkyl halides is 2. The third kappa shape index (κ3) is 3.76. The first-order valence-electron chi connectivity index (χ1n) is 11.2. The summed E-state index contributed by atoms with van der Waals surface area (Å²) in [6.07, 6.45) is 2.61. The number of nitrogens with one attached hydrogen (secondary N) is 2. The number of rotatable bonds is 6. The lowest BCUT2D eigenvalue weighted by Gasteiger charge is -2.45. The van der Waals surface area contributed by atoms with Crippen molar-refractivity contribution < 1.29 is 13.6 Å². The number of carbonyl (C=O) groups excluding carboxylic acids is 1. The van der Waals surface area contributed by atoms with E-state index in [4.69, 9.17) is 0 Å². The van der Waals surface area contributed by atoms with Crippen molar-refractivity contribution in [2.75, 3.05) is 19.4 Å². The highest BCUT2D eigenvalue weighted by Gasteiger charge is 2.47. The number of imidazole rings is 1. The second-order valence-electron chi connectivity index (χ2n) is 9.53. The van der Waals surface area contributed by atoms with Crippen molar-refractivity contribution in [3.05, 3.63) is 36.4 Å². The van der Waals surface area contributed by atoms with Gasteiger partial charge in [0.15, 0.2) is 0 Å². The summed E-state index contributed by atoms with van der Waals surface area (Å²) in [4.78, 5) is 30.6. The summed E-state index contributed by atoms with van der Waals surface area (Å²) in [6.45, 7) is 3.33. The second kappa shape index (κ2) is 8.03. The van der Waals surface area contributed by atoms with Gasteiger partial charge >= 0.3 is 0 Å². The van der Waals surface area contributed by atoms with Crippen LogP contribution in [0.2, 0.25) is 0 Å². The summed E-state index contributed by atoms with van der Waals surface area (Å²) >= 11 is 0. The first kappa shape index (κ1) is 22.2. The second-order valence-corrected chi connectivity index (χ2v) is 9.53. The van der Waals surface area contributed by atoms with Crippen molar-refractivity contribution in [3.8, 4) is 11.1 Å². The number of fused-ring (bicyclic) bond motifs is 2. The normalized spacial score (nSPS) is 20.1. The molecule has 4 aromatic rings. The predicted molar refractivity (Wildman–Crippen MR) is 127 cm³/mol. The molecule has 3 aromatic heterocycles. The van der Waals surface area contributed by atoms with E-state index < -0.39 is 13.0 Å². The van der Waals surface area contributed by atoms with Gasteiger partial charge < -0.3 is 19.8 Å². The van der Waals surface area contributed by atoms with Crippen LogP contribution in [0.5, 0.6) is 0 Å². The van der Waals surface area contributed by atoms with Crippen LogP contribution in [0.15, 0.2) is 30.6 Å². The topological polar surface area (TPSA) is 91.7 Å². The van der Waals surface area contributed by atoms with Gasteiger partial charge in [-0.2, -0.15) is 4.98 Å². The molecule has 178 valence electrons. The first-order chi connectivity index (χ1) is 16.1. The Labute approximate surface area is 195 Å². The van der Waals surface area contributed by atoms with E-state index in [-0.39, 0.29) is 17.4 Å². The molecule has 0 aliphatic heterocycles. The highest BCUT2D eigenvalue weighted by molar-refractivity contribution is 5.95. The van der Waals surface area contributed by atoms with Gasteiger partial charge in [0, 0.05) is 43.5 Å². The number of carbonyl (C=O) groups is 1. The molecule has 1 aliphatic rings. The van der Waals surface area contributed by atoms with Crippen LogP contribution in [-0.2, 0) is 11.3 Å². The van der Waals surface area contributed by atoms with Crippen molar-refractivity contribution in [1.82, 2.24) is 29.4 Å². The summed E-state index contributed by atoms with van der Waals surface area (Å²) in [5.41, 5.74) is 3.44. The Balaban J connectivity index is 1.38. The zero-order valence-corrected chi connectivity index (χ0v) is 19.6. The molecule has 1 amide bonds. The lowest BCUT2D eigenvalue weighted by molar-refractivity contribution is -0.143. The zero-order valence-electron chi connectivity index (χ0n) is 19.6. The minimum atomic E-state index is -2.46. The maximum Gasteiger partial charge on any atom is 0.256 e. The Kier molecular flexibility index (Phi) is 5.26. The van der Waals surface area contributed by atoms with Gasteiger partial charge in [-0.15, -0.1) is 0 Å². The number of aryl methyl sites for hydroxylation is 1. The van der Waals surface area contributed by atoms with Gasteiger partial charge in [0.25, 0.3) is 6.43 Å². The standard InChI is InChI=1S/C24H27F2N7O/c1-13-29-18-6-5-14(7-19(18)33(13)12-20(25)26)16-10-27-21-17(16)11-28-23(31-21)30-15-8-24(2,9-15)22(34)32(3)4/h5-7,10-11,15,20H,8-9,12H2,1-4H3,(H2,27,28,30,31). The number of anilines is 1. The molecule has 1 aliphatic carbocycles. The molecule has 0 radical (unpaired) electrons. The smallest absolute Gasteiger partial charge is 0.256 e. The fraction of sp³-hybridized carbons (Fsp3) is 0.417. The van der Waals surface area contributed by atoms with E-state index in [2.05, 4.69) is 25.3 Å². The lowest BCUT2D eigenvalue weighted by Crippen LogP contribution is -2.52. The van der Waals surface area contributed by atoms with Gasteiger partial charge in [0.2, 0.25) is 11.9 Å². The Morgan fingerprint density at radius 2 is 2.09 bits per heavy atom. The van der Waals surface area contributed by atoms with E-state index in [1.165, 1.54) is 0 Å². The molecular formula is C24H27F2N7O. The van der Waals surface area contributed by atoms with Crippen LogP contribution in [-0.4, -0.2) is 61.9 Å². The van der Waals surface area contributed by atoms with Crippen LogP contribution in [0, 0.1) is 12.3 Å². The molecule has 1 saturated carbocycles. The molecule has 8 nitrogen and oxygen atoms in total. The molecular weight excluding hydrogens is 440 g/mol. The average molecular weight is 468 g/mol. The van der Waals surface area contributed by atoms with Crippen molar-refractivity contribution in [3.63, 3.8) is 0 Å². The maximum absolute atomic E-state index is 13.1. The van der Waals surface area contributed by atoms with E-state index in [1.54, 1.807) is 36.7 Å². The number of nitrogens with zero attached hydrogens (tertiary/aromatic N) is 5. The van der Waals surface area contributed by atoms with Crippen LogP contribution >= 0.6 is 0 Å². The van der Waals surface area contributed by atoms with Crippen LogP contribution in [0.4, 0.5) is 14.7 Å². The van der Waals surface area contributed by atoms with Crippen LogP contribution in [0.1, 0.15) is 25.6 Å². The van der Waals surface area contributed by atoms with E-state index in [0.29, 0.717) is 28.5 Å². The summed E-state index contributed by atoms with van der Waals surface area (Å²) < 4.78 is 27.7. The molecule has 3 heterocycles. The molecule has 0 bridgehead atoms. The van der Waals surface area contributed by atoms with Gasteiger partial charge in [-0.05, 0) is 37.5 Å². The number of halogens is 2. The van der Waals surface area contributed by atoms with Gasteiger partial charge in [-0.1, -0.05) is 13.0 Å². The molecule has 0 saturated heterocycles. The van der Waals surface area contributed by atoms with Gasteiger partial charge in [-0.3, -0.25) is 4.79 Å². The Morgan fingerprint density at radius 3 is 2.79 bits per heavy atom. The van der Waals surface area contributed by atoms with Crippen molar-refractivity contribution in [1.29, 1.82) is 0 Å². The number of hydrogen-bond acceptors (Lipinski definition) is 5. The number of hydrogen-bond donors (Lipinski definition) is 2. The minimum Gasteiger partial charge on any atom is -0.351 e. The third-order valence-electron chi connectivity index (χ3n) is 6.65. The molecule has 1 fully saturated rings. The Hall–Kier alpha value is -3.56. The monoisotopic (exact) mass is 467 g/mol. The van der Waals surface area contributed by atoms with Gasteiger partial charge in [0.05, 0.1) is 23.0 Å². The maximum atomic E-state index is 13.1. The van der Waals surface area contributed by atoms with Gasteiger partial charge in [0.1, 0.15) is 11.5 Å². The summed E-state index contributed by atoms with van der Waals surface area (Å²) in [7, 11) is 3.56. The number of amides is 1. The average Bonchev–Trinajstić information content (AvgIpc) is 3.31. The van der Waals surface area contributed by atoms with E-state index in [1.807, 2.05) is 31.3 Å². The van der Waals surface area contributed by atoms with Crippen LogP contribution in [0.25, 0.3) is 33.2 Å². The largest absolute Gasteiger partial charge is 0.351 e. The van der Waals surface area contributed by atoms with Crippen molar-refractivity contribution in [2.24, 2.45) is 5.41 Å². The summed E-state index contributed by atoms with van der Waals surface area (Å²) in [5, 5.41) is 4.16. The molecule has 2 N–H and O–H groups in total. The van der Waals surface area contributed by atoms with Crippen LogP contribution in [0.3, 0.4) is 0 Å². The lowest BCUT2D eigenvalue weighted by atomic mass is 9.66. The number of aromatic nitrogens is 5. The van der Waals surface area contributed by atoms with E-state index in [9.17, 15) is 13.6 Å². The molecule has 5 rings (SSSR count). The molecule has 0 atom stereocenters.